The zero-order valence-corrected chi connectivity index (χ0v) is 26.5. The Balaban J connectivity index is 3.87. The second-order valence-electron chi connectivity index (χ2n) is 9.51. The predicted octanol–water partition coefficient (Wildman–Crippen LogP) is 11.6. The van der Waals surface area contributed by atoms with Gasteiger partial charge in [0.15, 0.2) is 0 Å². The fourth-order valence-electron chi connectivity index (χ4n) is 4.00. The van der Waals surface area contributed by atoms with Gasteiger partial charge in [-0.15, -0.1) is 0 Å². The molecule has 0 rings (SSSR count). The lowest BCUT2D eigenvalue weighted by Crippen LogP contribution is -1.99. The molecule has 0 aromatic heterocycles. The zero-order chi connectivity index (χ0) is 25.0. The van der Waals surface area contributed by atoms with Gasteiger partial charge in [0.25, 0.3) is 0 Å². The Morgan fingerprint density at radius 1 is 0.500 bits per heavy atom. The average Bonchev–Trinajstić information content (AvgIpc) is 2.84. The Morgan fingerprint density at radius 2 is 0.853 bits per heavy atom. The minimum atomic E-state index is -2.18. The summed E-state index contributed by atoms with van der Waals surface area (Å²) < 4.78 is 12.5. The van der Waals surface area contributed by atoms with Gasteiger partial charge in [-0.05, 0) is 30.4 Å². The van der Waals surface area contributed by atoms with Crippen LogP contribution in [0.3, 0.4) is 0 Å². The van der Waals surface area contributed by atoms with Gasteiger partial charge in [-0.25, -0.2) is 0 Å². The highest BCUT2D eigenvalue weighted by atomic mass is 32.9. The van der Waals surface area contributed by atoms with Crippen molar-refractivity contribution in [3.63, 3.8) is 0 Å². The summed E-state index contributed by atoms with van der Waals surface area (Å²) in [6.07, 6.45) is 27.0. The highest BCUT2D eigenvalue weighted by Crippen LogP contribution is 2.61. The van der Waals surface area contributed by atoms with Crippen LogP contribution < -0.4 is 0 Å². The first-order valence-corrected chi connectivity index (χ1v) is 20.2. The third-order valence-corrected chi connectivity index (χ3v) is 12.7. The molecule has 0 aliphatic carbocycles. The minimum Gasteiger partial charge on any atom is -0.322 e. The lowest BCUT2D eigenvalue weighted by molar-refractivity contribution is 0.249. The molecule has 0 spiro atoms. The molecule has 0 saturated carbocycles. The van der Waals surface area contributed by atoms with Crippen molar-refractivity contribution >= 4 is 40.6 Å². The molecular formula is C28H59O2PS3. The van der Waals surface area contributed by atoms with Crippen molar-refractivity contribution in [1.82, 2.24) is 0 Å². The molecule has 0 aromatic carbocycles. The van der Waals surface area contributed by atoms with E-state index in [1.54, 1.807) is 11.4 Å². The molecule has 0 heterocycles. The van der Waals surface area contributed by atoms with E-state index in [1.165, 1.54) is 121 Å². The first kappa shape index (κ1) is 35.3. The molecule has 0 fully saturated rings. The highest BCUT2D eigenvalue weighted by molar-refractivity contribution is 8.68. The first-order chi connectivity index (χ1) is 16.7. The summed E-state index contributed by atoms with van der Waals surface area (Å²) in [5.74, 6) is 3.36. The molecule has 0 atom stereocenters. The lowest BCUT2D eigenvalue weighted by Gasteiger charge is -2.21. The summed E-state index contributed by atoms with van der Waals surface area (Å²) in [7, 11) is 0. The molecular weight excluding hydrogens is 495 g/mol. The van der Waals surface area contributed by atoms with Crippen molar-refractivity contribution < 1.29 is 9.05 Å². The summed E-state index contributed by atoms with van der Waals surface area (Å²) >= 11 is 9.68. The van der Waals surface area contributed by atoms with Gasteiger partial charge in [-0.3, -0.25) is 0 Å². The molecule has 0 aliphatic heterocycles. The van der Waals surface area contributed by atoms with Gasteiger partial charge in [-0.1, -0.05) is 148 Å². The van der Waals surface area contributed by atoms with Gasteiger partial charge < -0.3 is 9.05 Å². The molecule has 0 unspecified atom stereocenters. The second-order valence-corrected chi connectivity index (χ2v) is 17.3. The maximum atomic E-state index is 6.23. The van der Waals surface area contributed by atoms with Crippen LogP contribution in [0.2, 0.25) is 0 Å². The Bertz CT molecular complexity index is 408. The molecule has 0 aliphatic rings. The summed E-state index contributed by atoms with van der Waals surface area (Å²) in [5.41, 5.74) is -2.18. The molecule has 6 heteroatoms. The third kappa shape index (κ3) is 26.3. The fraction of sp³-hybridized carbons (Fsp3) is 1.00. The molecule has 206 valence electrons. The van der Waals surface area contributed by atoms with E-state index >= 15 is 0 Å². The minimum absolute atomic E-state index is 0.778. The van der Waals surface area contributed by atoms with Crippen molar-refractivity contribution in [3.8, 4) is 0 Å². The second kappa shape index (κ2) is 28.8. The topological polar surface area (TPSA) is 18.5 Å². The van der Waals surface area contributed by atoms with Gasteiger partial charge in [0.2, 0.25) is 5.69 Å². The van der Waals surface area contributed by atoms with Crippen LogP contribution in [0.5, 0.6) is 0 Å². The Morgan fingerprint density at radius 3 is 1.21 bits per heavy atom. The summed E-state index contributed by atoms with van der Waals surface area (Å²) in [4.78, 5) is 0. The van der Waals surface area contributed by atoms with Crippen LogP contribution in [0.4, 0.5) is 0 Å². The van der Waals surface area contributed by atoms with E-state index < -0.39 is 5.69 Å². The van der Waals surface area contributed by atoms with E-state index in [2.05, 4.69) is 20.8 Å². The lowest BCUT2D eigenvalue weighted by atomic mass is 10.1. The third-order valence-electron chi connectivity index (χ3n) is 6.18. The Labute approximate surface area is 228 Å². The van der Waals surface area contributed by atoms with E-state index in [0.29, 0.717) is 0 Å². The Hall–Kier alpha value is 1.27. The van der Waals surface area contributed by atoms with Gasteiger partial charge in [0, 0.05) is 11.5 Å². The summed E-state index contributed by atoms with van der Waals surface area (Å²) in [6.45, 7) is 8.34. The molecule has 0 amide bonds. The van der Waals surface area contributed by atoms with Crippen molar-refractivity contribution in [3.05, 3.63) is 0 Å². The van der Waals surface area contributed by atoms with E-state index in [1.807, 2.05) is 11.8 Å². The van der Waals surface area contributed by atoms with Crippen molar-refractivity contribution in [2.24, 2.45) is 0 Å². The number of hydrogen-bond donors (Lipinski definition) is 0. The zero-order valence-electron chi connectivity index (χ0n) is 23.2. The van der Waals surface area contributed by atoms with E-state index in [0.717, 1.165) is 37.6 Å². The maximum Gasteiger partial charge on any atom is 0.247 e. The maximum absolute atomic E-state index is 6.23. The van der Waals surface area contributed by atoms with Crippen molar-refractivity contribution in [2.75, 3.05) is 30.5 Å². The van der Waals surface area contributed by atoms with Crippen LogP contribution >= 0.6 is 28.8 Å². The molecule has 2 nitrogen and oxygen atoms in total. The molecule has 0 bridgehead atoms. The van der Waals surface area contributed by atoms with Crippen molar-refractivity contribution in [2.45, 2.75) is 149 Å². The SMILES string of the molecule is CCCCCCCCCCCCOP(=S)(OCCCCCCCCCCCC)SCCSCC. The van der Waals surface area contributed by atoms with Crippen molar-refractivity contribution in [1.29, 1.82) is 0 Å². The standard InChI is InChI=1S/C28H59O2PS3/c1-4-7-9-11-13-15-17-19-21-23-25-29-31(32,34-28-27-33-6-3)30-26-24-22-20-18-16-14-12-10-8-5-2/h4-28H2,1-3H3. The molecule has 0 aromatic rings. The molecule has 34 heavy (non-hydrogen) atoms. The Kier molecular flexibility index (Phi) is 29.9. The predicted molar refractivity (Wildman–Crippen MR) is 165 cm³/mol. The highest BCUT2D eigenvalue weighted by Gasteiger charge is 2.19. The fourth-order valence-corrected chi connectivity index (χ4v) is 9.56. The van der Waals surface area contributed by atoms with Gasteiger partial charge in [0.1, 0.15) is 0 Å². The smallest absolute Gasteiger partial charge is 0.247 e. The monoisotopic (exact) mass is 554 g/mol. The van der Waals surface area contributed by atoms with Crippen LogP contribution in [-0.2, 0) is 20.9 Å². The van der Waals surface area contributed by atoms with Gasteiger partial charge in [-0.2, -0.15) is 11.8 Å². The normalized spacial score (nSPS) is 12.0. The summed E-state index contributed by atoms with van der Waals surface area (Å²) in [5, 5.41) is 0. The molecule has 0 saturated heterocycles. The van der Waals surface area contributed by atoms with Crippen LogP contribution in [0, 0.1) is 0 Å². The van der Waals surface area contributed by atoms with Crippen LogP contribution in [-0.4, -0.2) is 30.5 Å². The summed E-state index contributed by atoms with van der Waals surface area (Å²) in [6, 6.07) is 0. The van der Waals surface area contributed by atoms with Crippen LogP contribution in [0.25, 0.3) is 0 Å². The quantitative estimate of drug-likeness (QED) is 0.0674. The number of unbranched alkanes of at least 4 members (excludes halogenated alkanes) is 18. The van der Waals surface area contributed by atoms with E-state index in [4.69, 9.17) is 20.9 Å². The van der Waals surface area contributed by atoms with E-state index in [9.17, 15) is 0 Å². The first-order valence-electron chi connectivity index (χ1n) is 14.8. The largest absolute Gasteiger partial charge is 0.322 e. The van der Waals surface area contributed by atoms with E-state index in [-0.39, 0.29) is 0 Å². The van der Waals surface area contributed by atoms with Crippen LogP contribution in [0.15, 0.2) is 0 Å². The van der Waals surface area contributed by atoms with Gasteiger partial charge >= 0.3 is 0 Å². The number of rotatable bonds is 29. The average molecular weight is 555 g/mol. The molecule has 0 radical (unpaired) electrons. The number of hydrogen-bond acceptors (Lipinski definition) is 5. The molecule has 0 N–H and O–H groups in total. The van der Waals surface area contributed by atoms with Gasteiger partial charge in [0.05, 0.1) is 13.2 Å². The number of thioether (sulfide) groups is 1. The van der Waals surface area contributed by atoms with Crippen LogP contribution in [0.1, 0.15) is 149 Å².